The lowest BCUT2D eigenvalue weighted by atomic mass is 10.0. The Morgan fingerprint density at radius 2 is 1.81 bits per heavy atom. The zero-order chi connectivity index (χ0) is 26.5. The summed E-state index contributed by atoms with van der Waals surface area (Å²) >= 11 is 1.50. The molecule has 1 aliphatic heterocycles. The van der Waals surface area contributed by atoms with E-state index in [4.69, 9.17) is 19.2 Å². The summed E-state index contributed by atoms with van der Waals surface area (Å²) in [6.45, 7) is 1.43. The zero-order valence-corrected chi connectivity index (χ0v) is 22.0. The Morgan fingerprint density at radius 1 is 1.08 bits per heavy atom. The second kappa shape index (κ2) is 11.5. The fourth-order valence-electron chi connectivity index (χ4n) is 4.35. The minimum absolute atomic E-state index is 0.174. The van der Waals surface area contributed by atoms with E-state index < -0.39 is 18.1 Å². The smallest absolute Gasteiger partial charge is 0.328 e. The van der Waals surface area contributed by atoms with Crippen LogP contribution in [0.4, 0.5) is 0 Å². The van der Waals surface area contributed by atoms with Gasteiger partial charge >= 0.3 is 5.97 Å². The number of esters is 1. The van der Waals surface area contributed by atoms with Crippen molar-refractivity contribution in [3.63, 3.8) is 0 Å². The zero-order valence-electron chi connectivity index (χ0n) is 21.1. The first-order valence-corrected chi connectivity index (χ1v) is 12.9. The number of ether oxygens (including phenoxy) is 3. The number of benzene rings is 2. The molecular weight excluding hydrogens is 494 g/mol. The number of nitrogens with zero attached hydrogens (tertiary/aromatic N) is 2. The molecule has 9 nitrogen and oxygen atoms in total. The molecule has 2 amide bonds. The van der Waals surface area contributed by atoms with Crippen molar-refractivity contribution in [3.8, 4) is 22.8 Å². The Morgan fingerprint density at radius 3 is 2.46 bits per heavy atom. The summed E-state index contributed by atoms with van der Waals surface area (Å²) < 4.78 is 16.0. The van der Waals surface area contributed by atoms with Crippen molar-refractivity contribution in [3.05, 3.63) is 54.1 Å². The van der Waals surface area contributed by atoms with Crippen LogP contribution in [0.5, 0.6) is 11.5 Å². The minimum atomic E-state index is -0.889. The van der Waals surface area contributed by atoms with E-state index in [-0.39, 0.29) is 18.2 Å². The number of pyridine rings is 1. The first-order valence-electron chi connectivity index (χ1n) is 11.7. The van der Waals surface area contributed by atoms with Crippen LogP contribution >= 0.6 is 11.8 Å². The van der Waals surface area contributed by atoms with Gasteiger partial charge in [0, 0.05) is 24.5 Å². The number of hydrogen-bond donors (Lipinski definition) is 1. The summed E-state index contributed by atoms with van der Waals surface area (Å²) in [6, 6.07) is 13.6. The number of amides is 2. The third-order valence-electron chi connectivity index (χ3n) is 6.27. The van der Waals surface area contributed by atoms with Gasteiger partial charge in [-0.05, 0) is 35.9 Å². The lowest BCUT2D eigenvalue weighted by Crippen LogP contribution is -2.52. The first kappa shape index (κ1) is 26.3. The van der Waals surface area contributed by atoms with Crippen LogP contribution in [0, 0.1) is 0 Å². The van der Waals surface area contributed by atoms with Crippen molar-refractivity contribution in [2.75, 3.05) is 33.0 Å². The van der Waals surface area contributed by atoms with E-state index >= 15 is 0 Å². The maximum atomic E-state index is 12.9. The maximum Gasteiger partial charge on any atom is 0.328 e. The molecule has 0 aliphatic carbocycles. The van der Waals surface area contributed by atoms with Gasteiger partial charge in [0.1, 0.15) is 23.6 Å². The maximum absolute atomic E-state index is 12.9. The summed E-state index contributed by atoms with van der Waals surface area (Å²) in [5.41, 5.74) is 3.06. The SMILES string of the molecule is COC(=O)[C@@H](Cc1ccc2nc(-c3c(OC)cccc3OC)ccc2c1)NC(=O)[C@@H]1CSCN1C(C)=O. The van der Waals surface area contributed by atoms with Crippen molar-refractivity contribution >= 4 is 40.4 Å². The number of nitrogens with one attached hydrogen (secondary N) is 1. The normalized spacial score (nSPS) is 15.8. The van der Waals surface area contributed by atoms with Crippen LogP contribution in [-0.4, -0.2) is 72.7 Å². The number of thioether (sulfide) groups is 1. The molecule has 2 heterocycles. The third kappa shape index (κ3) is 5.64. The van der Waals surface area contributed by atoms with Gasteiger partial charge in [-0.3, -0.25) is 9.59 Å². The Kier molecular flexibility index (Phi) is 8.17. The van der Waals surface area contributed by atoms with Gasteiger partial charge in [-0.15, -0.1) is 11.8 Å². The van der Waals surface area contributed by atoms with Crippen LogP contribution in [0.1, 0.15) is 12.5 Å². The first-order chi connectivity index (χ1) is 17.9. The quantitative estimate of drug-likeness (QED) is 0.449. The van der Waals surface area contributed by atoms with E-state index in [0.29, 0.717) is 28.8 Å². The van der Waals surface area contributed by atoms with E-state index in [1.807, 2.05) is 48.5 Å². The summed E-state index contributed by atoms with van der Waals surface area (Å²) in [5.74, 6) is 1.16. The van der Waals surface area contributed by atoms with Crippen LogP contribution in [0.3, 0.4) is 0 Å². The molecule has 1 fully saturated rings. The second-order valence-corrected chi connectivity index (χ2v) is 9.55. The monoisotopic (exact) mass is 523 g/mol. The number of methoxy groups -OCH3 is 3. The predicted molar refractivity (Wildman–Crippen MR) is 142 cm³/mol. The van der Waals surface area contributed by atoms with Crippen LogP contribution in [0.25, 0.3) is 22.2 Å². The lowest BCUT2D eigenvalue weighted by molar-refractivity contribution is -0.146. The molecule has 37 heavy (non-hydrogen) atoms. The van der Waals surface area contributed by atoms with Gasteiger partial charge in [0.25, 0.3) is 0 Å². The van der Waals surface area contributed by atoms with E-state index in [1.165, 1.54) is 30.7 Å². The Labute approximate surface area is 219 Å². The molecule has 0 saturated carbocycles. The molecule has 3 aromatic rings. The van der Waals surface area contributed by atoms with E-state index in [9.17, 15) is 14.4 Å². The van der Waals surface area contributed by atoms with Crippen molar-refractivity contribution in [1.29, 1.82) is 0 Å². The standard InChI is InChI=1S/C27H29N3O6S/c1-16(31)30-15-37-14-22(30)26(32)29-21(27(33)36-4)13-17-8-10-19-18(12-17)9-11-20(28-19)25-23(34-2)6-5-7-24(25)35-3/h5-12,21-22H,13-15H2,1-4H3,(H,29,32)/t21-,22+/m1/s1. The summed E-state index contributed by atoms with van der Waals surface area (Å²) in [4.78, 5) is 43.6. The molecule has 0 spiro atoms. The highest BCUT2D eigenvalue weighted by Crippen LogP contribution is 2.37. The number of rotatable bonds is 8. The van der Waals surface area contributed by atoms with Gasteiger partial charge in [0.2, 0.25) is 11.8 Å². The van der Waals surface area contributed by atoms with Crippen molar-refractivity contribution in [2.45, 2.75) is 25.4 Å². The van der Waals surface area contributed by atoms with E-state index in [2.05, 4.69) is 5.32 Å². The van der Waals surface area contributed by atoms with E-state index in [1.54, 1.807) is 14.2 Å². The third-order valence-corrected chi connectivity index (χ3v) is 7.28. The Bertz CT molecular complexity index is 1310. The Hall–Kier alpha value is -3.79. The van der Waals surface area contributed by atoms with Crippen molar-refractivity contribution in [1.82, 2.24) is 15.2 Å². The van der Waals surface area contributed by atoms with Gasteiger partial charge in [0.15, 0.2) is 0 Å². The lowest BCUT2D eigenvalue weighted by Gasteiger charge is -2.24. The highest BCUT2D eigenvalue weighted by molar-refractivity contribution is 7.99. The molecule has 1 N–H and O–H groups in total. The van der Waals surface area contributed by atoms with Gasteiger partial charge < -0.3 is 24.4 Å². The fourth-order valence-corrected chi connectivity index (χ4v) is 5.57. The van der Waals surface area contributed by atoms with Gasteiger partial charge in [0.05, 0.1) is 44.0 Å². The number of hydrogen-bond acceptors (Lipinski definition) is 8. The second-order valence-electron chi connectivity index (χ2n) is 8.55. The Balaban J connectivity index is 1.57. The molecule has 0 bridgehead atoms. The van der Waals surface area contributed by atoms with E-state index in [0.717, 1.165) is 22.0 Å². The van der Waals surface area contributed by atoms with Gasteiger partial charge in [-0.2, -0.15) is 0 Å². The van der Waals surface area contributed by atoms with Gasteiger partial charge in [-0.25, -0.2) is 9.78 Å². The molecule has 1 saturated heterocycles. The number of carbonyl (C=O) groups is 3. The van der Waals surface area contributed by atoms with Gasteiger partial charge in [-0.1, -0.05) is 18.2 Å². The number of fused-ring (bicyclic) bond motifs is 1. The summed E-state index contributed by atoms with van der Waals surface area (Å²) in [7, 11) is 4.49. The van der Waals surface area contributed by atoms with Crippen LogP contribution < -0.4 is 14.8 Å². The largest absolute Gasteiger partial charge is 0.496 e. The molecular formula is C27H29N3O6S. The topological polar surface area (TPSA) is 107 Å². The summed E-state index contributed by atoms with van der Waals surface area (Å²) in [6.07, 6.45) is 0.233. The fraction of sp³-hybridized carbons (Fsp3) is 0.333. The minimum Gasteiger partial charge on any atom is -0.496 e. The highest BCUT2D eigenvalue weighted by atomic mass is 32.2. The van der Waals surface area contributed by atoms with Crippen molar-refractivity contribution in [2.24, 2.45) is 0 Å². The number of carbonyl (C=O) groups excluding carboxylic acids is 3. The highest BCUT2D eigenvalue weighted by Gasteiger charge is 2.35. The molecule has 2 aromatic carbocycles. The molecule has 4 rings (SSSR count). The average Bonchev–Trinajstić information content (AvgIpc) is 3.42. The van der Waals surface area contributed by atoms with Crippen LogP contribution in [0.2, 0.25) is 0 Å². The average molecular weight is 524 g/mol. The molecule has 0 unspecified atom stereocenters. The predicted octanol–water partition coefficient (Wildman–Crippen LogP) is 3.04. The number of aromatic nitrogens is 1. The van der Waals surface area contributed by atoms with Crippen molar-refractivity contribution < 1.29 is 28.6 Å². The molecule has 10 heteroatoms. The molecule has 1 aliphatic rings. The summed E-state index contributed by atoms with van der Waals surface area (Å²) in [5, 5.41) is 3.66. The van der Waals surface area contributed by atoms with Crippen LogP contribution in [0.15, 0.2) is 48.5 Å². The molecule has 1 aromatic heterocycles. The molecule has 2 atom stereocenters. The molecule has 194 valence electrons. The molecule has 0 radical (unpaired) electrons. The van der Waals surface area contributed by atoms with Crippen LogP contribution in [-0.2, 0) is 25.5 Å².